The highest BCUT2D eigenvalue weighted by Gasteiger charge is 2.18. The van der Waals surface area contributed by atoms with Crippen LogP contribution in [-0.2, 0) is 18.9 Å². The zero-order chi connectivity index (χ0) is 9.19. The molecule has 1 unspecified atom stereocenters. The van der Waals surface area contributed by atoms with Gasteiger partial charge >= 0.3 is 0 Å². The summed E-state index contributed by atoms with van der Waals surface area (Å²) >= 11 is 0. The molecule has 0 aliphatic carbocycles. The standard InChI is InChI=1S/C6H7NO3S2/c7-11(8)12(9,10)6-4-2-1-3-5-6/h1-5H,7H2. The van der Waals surface area contributed by atoms with Crippen LogP contribution in [0.2, 0.25) is 0 Å². The lowest BCUT2D eigenvalue weighted by molar-refractivity contribution is 0.606. The zero-order valence-corrected chi connectivity index (χ0v) is 7.64. The van der Waals surface area contributed by atoms with E-state index < -0.39 is 18.9 Å². The molecule has 0 aliphatic heterocycles. The zero-order valence-electron chi connectivity index (χ0n) is 6.01. The van der Waals surface area contributed by atoms with E-state index in [9.17, 15) is 12.6 Å². The summed E-state index contributed by atoms with van der Waals surface area (Å²) in [6.07, 6.45) is 0. The van der Waals surface area contributed by atoms with E-state index in [1.807, 2.05) is 0 Å². The van der Waals surface area contributed by atoms with E-state index in [1.54, 1.807) is 18.2 Å². The number of rotatable bonds is 2. The molecule has 1 atom stereocenters. The van der Waals surface area contributed by atoms with Gasteiger partial charge in [0.1, 0.15) is 0 Å². The van der Waals surface area contributed by atoms with Crippen molar-refractivity contribution >= 4 is 18.9 Å². The van der Waals surface area contributed by atoms with E-state index in [0.29, 0.717) is 0 Å². The van der Waals surface area contributed by atoms with Crippen LogP contribution in [0.15, 0.2) is 35.2 Å². The van der Waals surface area contributed by atoms with Crippen LogP contribution in [0.3, 0.4) is 0 Å². The van der Waals surface area contributed by atoms with Crippen LogP contribution in [0.1, 0.15) is 0 Å². The van der Waals surface area contributed by atoms with Gasteiger partial charge in [-0.25, -0.2) is 17.8 Å². The molecule has 0 aliphatic rings. The second-order valence-corrected chi connectivity index (χ2v) is 6.23. The van der Waals surface area contributed by atoms with Crippen molar-refractivity contribution in [3.05, 3.63) is 30.3 Å². The van der Waals surface area contributed by atoms with Gasteiger partial charge in [0.05, 0.1) is 4.90 Å². The molecule has 66 valence electrons. The van der Waals surface area contributed by atoms with Crippen molar-refractivity contribution in [3.8, 4) is 0 Å². The van der Waals surface area contributed by atoms with Crippen molar-refractivity contribution in [2.75, 3.05) is 0 Å². The van der Waals surface area contributed by atoms with Crippen molar-refractivity contribution in [3.63, 3.8) is 0 Å². The summed E-state index contributed by atoms with van der Waals surface area (Å²) in [5.41, 5.74) is 0. The van der Waals surface area contributed by atoms with Gasteiger partial charge in [0, 0.05) is 0 Å². The molecule has 0 saturated heterocycles. The Morgan fingerprint density at radius 2 is 1.67 bits per heavy atom. The first-order valence-electron chi connectivity index (χ1n) is 3.02. The maximum absolute atomic E-state index is 11.1. The molecule has 2 N–H and O–H groups in total. The van der Waals surface area contributed by atoms with Crippen molar-refractivity contribution in [2.45, 2.75) is 4.90 Å². The fourth-order valence-electron chi connectivity index (χ4n) is 0.682. The smallest absolute Gasteiger partial charge is 0.238 e. The van der Waals surface area contributed by atoms with Crippen molar-refractivity contribution < 1.29 is 12.6 Å². The molecule has 0 bridgehead atoms. The normalized spacial score (nSPS) is 14.1. The summed E-state index contributed by atoms with van der Waals surface area (Å²) in [6, 6.07) is 7.44. The number of hydrogen-bond acceptors (Lipinski definition) is 3. The van der Waals surface area contributed by atoms with Gasteiger partial charge < -0.3 is 0 Å². The molecule has 1 rings (SSSR count). The van der Waals surface area contributed by atoms with Crippen LogP contribution < -0.4 is 5.14 Å². The first kappa shape index (κ1) is 9.37. The van der Waals surface area contributed by atoms with Gasteiger partial charge in [0.25, 0.3) is 8.87 Å². The Balaban J connectivity index is 3.26. The van der Waals surface area contributed by atoms with Crippen LogP contribution >= 0.6 is 0 Å². The first-order valence-corrected chi connectivity index (χ1v) is 6.23. The van der Waals surface area contributed by atoms with Gasteiger partial charge in [-0.05, 0) is 12.1 Å². The van der Waals surface area contributed by atoms with Crippen molar-refractivity contribution in [1.29, 1.82) is 0 Å². The van der Waals surface area contributed by atoms with E-state index >= 15 is 0 Å². The summed E-state index contributed by atoms with van der Waals surface area (Å²) in [6.45, 7) is 0. The third kappa shape index (κ3) is 1.71. The topological polar surface area (TPSA) is 77.2 Å². The molecule has 0 fully saturated rings. The van der Waals surface area contributed by atoms with Gasteiger partial charge in [0.2, 0.25) is 10.0 Å². The van der Waals surface area contributed by atoms with Gasteiger partial charge in [-0.2, -0.15) is 0 Å². The molecule has 1 aromatic carbocycles. The van der Waals surface area contributed by atoms with Crippen LogP contribution in [0.25, 0.3) is 0 Å². The molecule has 0 saturated carbocycles. The van der Waals surface area contributed by atoms with E-state index in [-0.39, 0.29) is 4.90 Å². The highest BCUT2D eigenvalue weighted by atomic mass is 33.2. The molecule has 0 aromatic heterocycles. The van der Waals surface area contributed by atoms with Gasteiger partial charge in [0.15, 0.2) is 0 Å². The Bertz CT molecular complexity index is 385. The lowest BCUT2D eigenvalue weighted by Gasteiger charge is -1.97. The predicted octanol–water partition coefficient (Wildman–Crippen LogP) is -0.00230. The Kier molecular flexibility index (Phi) is 2.61. The first-order chi connectivity index (χ1) is 5.55. The maximum Gasteiger partial charge on any atom is 0.271 e. The van der Waals surface area contributed by atoms with Crippen molar-refractivity contribution in [2.24, 2.45) is 5.14 Å². The average molecular weight is 205 g/mol. The Labute approximate surface area is 72.3 Å². The highest BCUT2D eigenvalue weighted by Crippen LogP contribution is 2.10. The molecule has 0 radical (unpaired) electrons. The quantitative estimate of drug-likeness (QED) is 0.690. The summed E-state index contributed by atoms with van der Waals surface area (Å²) in [5, 5.41) is 4.79. The largest absolute Gasteiger partial charge is 0.271 e. The minimum atomic E-state index is -3.83. The number of hydrogen-bond donors (Lipinski definition) is 1. The molecule has 1 aromatic rings. The average Bonchev–Trinajstić information content (AvgIpc) is 2.06. The van der Waals surface area contributed by atoms with E-state index in [4.69, 9.17) is 5.14 Å². The molecule has 0 heterocycles. The minimum absolute atomic E-state index is 0.0224. The second-order valence-electron chi connectivity index (χ2n) is 2.03. The van der Waals surface area contributed by atoms with E-state index in [2.05, 4.69) is 0 Å². The molecular formula is C6H7NO3S2. The summed E-state index contributed by atoms with van der Waals surface area (Å²) in [4.78, 5) is -0.0224. The van der Waals surface area contributed by atoms with Gasteiger partial charge in [-0.3, -0.25) is 0 Å². The molecular weight excluding hydrogens is 198 g/mol. The second kappa shape index (κ2) is 3.34. The SMILES string of the molecule is NS(=O)S(=O)(=O)c1ccccc1. The molecule has 0 spiro atoms. The monoisotopic (exact) mass is 205 g/mol. The highest BCUT2D eigenvalue weighted by molar-refractivity contribution is 8.63. The molecule has 12 heavy (non-hydrogen) atoms. The Hall–Kier alpha value is -0.720. The van der Waals surface area contributed by atoms with Crippen molar-refractivity contribution in [1.82, 2.24) is 0 Å². The molecule has 6 heteroatoms. The minimum Gasteiger partial charge on any atom is -0.238 e. The summed E-state index contributed by atoms with van der Waals surface area (Å²) in [7, 11) is -6.18. The lowest BCUT2D eigenvalue weighted by Crippen LogP contribution is -2.15. The summed E-state index contributed by atoms with van der Waals surface area (Å²) < 4.78 is 32.8. The van der Waals surface area contributed by atoms with E-state index in [1.165, 1.54) is 12.1 Å². The van der Waals surface area contributed by atoms with Crippen LogP contribution in [0, 0.1) is 0 Å². The third-order valence-electron chi connectivity index (χ3n) is 1.25. The number of benzene rings is 1. The summed E-state index contributed by atoms with van der Waals surface area (Å²) in [5.74, 6) is 0. The van der Waals surface area contributed by atoms with Crippen LogP contribution in [0.5, 0.6) is 0 Å². The van der Waals surface area contributed by atoms with Crippen LogP contribution in [0.4, 0.5) is 0 Å². The lowest BCUT2D eigenvalue weighted by atomic mass is 10.4. The van der Waals surface area contributed by atoms with Gasteiger partial charge in [-0.15, -0.1) is 0 Å². The molecule has 0 amide bonds. The van der Waals surface area contributed by atoms with Gasteiger partial charge in [-0.1, -0.05) is 18.2 Å². The Morgan fingerprint density at radius 3 is 2.08 bits per heavy atom. The maximum atomic E-state index is 11.1. The Morgan fingerprint density at radius 1 is 1.17 bits per heavy atom. The van der Waals surface area contributed by atoms with Crippen LogP contribution in [-0.4, -0.2) is 12.6 Å². The third-order valence-corrected chi connectivity index (χ3v) is 4.41. The fourth-order valence-corrected chi connectivity index (χ4v) is 2.26. The molecule has 4 nitrogen and oxygen atoms in total. The predicted molar refractivity (Wildman–Crippen MR) is 46.0 cm³/mol. The van der Waals surface area contributed by atoms with E-state index in [0.717, 1.165) is 0 Å². The number of nitrogens with two attached hydrogens (primary N) is 1. The fraction of sp³-hybridized carbons (Fsp3) is 0.